The molecule has 1 saturated heterocycles. The highest BCUT2D eigenvalue weighted by atomic mass is 16.6. The Morgan fingerprint density at radius 1 is 1.23 bits per heavy atom. The highest BCUT2D eigenvalue weighted by Crippen LogP contribution is 2.22. The molecule has 6 nitrogen and oxygen atoms in total. The molecular formula is C16H23N3O3. The van der Waals surface area contributed by atoms with Crippen molar-refractivity contribution in [3.05, 3.63) is 34.4 Å². The van der Waals surface area contributed by atoms with E-state index in [2.05, 4.69) is 4.90 Å². The van der Waals surface area contributed by atoms with Crippen molar-refractivity contribution in [1.82, 2.24) is 4.90 Å². The largest absolute Gasteiger partial charge is 0.309 e. The fourth-order valence-electron chi connectivity index (χ4n) is 2.85. The molecule has 0 saturated carbocycles. The Kier molecular flexibility index (Phi) is 5.49. The fraction of sp³-hybridized carbons (Fsp3) is 0.562. The molecule has 1 aliphatic heterocycles. The molecule has 0 aromatic heterocycles. The third-order valence-corrected chi connectivity index (χ3v) is 3.93. The maximum atomic E-state index is 12.6. The van der Waals surface area contributed by atoms with E-state index in [0.29, 0.717) is 12.2 Å². The van der Waals surface area contributed by atoms with Crippen LogP contribution in [0.5, 0.6) is 0 Å². The van der Waals surface area contributed by atoms with E-state index in [0.717, 1.165) is 25.9 Å². The normalized spacial score (nSPS) is 15.8. The standard InChI is InChI=1S/C16H23N3O3/c1-13(2)18(14-6-8-15(9-7-14)19(21)22)16(20)12-17-10-4-3-5-11-17/h6-9,13H,3-5,10-12H2,1-2H3. The van der Waals surface area contributed by atoms with Gasteiger partial charge in [-0.15, -0.1) is 0 Å². The van der Waals surface area contributed by atoms with Crippen molar-refractivity contribution in [1.29, 1.82) is 0 Å². The number of piperidine rings is 1. The van der Waals surface area contributed by atoms with Gasteiger partial charge in [0.2, 0.25) is 5.91 Å². The molecule has 0 atom stereocenters. The number of amides is 1. The van der Waals surface area contributed by atoms with Crippen molar-refractivity contribution in [3.8, 4) is 0 Å². The number of nitro groups is 1. The van der Waals surface area contributed by atoms with Gasteiger partial charge in [0.25, 0.3) is 5.69 Å². The van der Waals surface area contributed by atoms with Crippen LogP contribution in [-0.4, -0.2) is 41.4 Å². The molecule has 1 aromatic rings. The van der Waals surface area contributed by atoms with E-state index in [9.17, 15) is 14.9 Å². The summed E-state index contributed by atoms with van der Waals surface area (Å²) in [5.74, 6) is 0.0470. The quantitative estimate of drug-likeness (QED) is 0.619. The third-order valence-electron chi connectivity index (χ3n) is 3.93. The first-order valence-electron chi connectivity index (χ1n) is 7.78. The number of carbonyl (C=O) groups excluding carboxylic acids is 1. The zero-order valence-electron chi connectivity index (χ0n) is 13.2. The second kappa shape index (κ2) is 7.35. The van der Waals surface area contributed by atoms with Crippen LogP contribution in [0.15, 0.2) is 24.3 Å². The molecule has 120 valence electrons. The summed E-state index contributed by atoms with van der Waals surface area (Å²) in [6.45, 7) is 6.26. The second-order valence-corrected chi connectivity index (χ2v) is 5.97. The van der Waals surface area contributed by atoms with Crippen LogP contribution < -0.4 is 4.90 Å². The lowest BCUT2D eigenvalue weighted by Gasteiger charge is -2.31. The maximum absolute atomic E-state index is 12.6. The van der Waals surface area contributed by atoms with Crippen molar-refractivity contribution in [3.63, 3.8) is 0 Å². The molecule has 1 aliphatic rings. The molecular weight excluding hydrogens is 282 g/mol. The molecule has 2 rings (SSSR count). The van der Waals surface area contributed by atoms with Crippen LogP contribution >= 0.6 is 0 Å². The van der Waals surface area contributed by atoms with Crippen LogP contribution in [0.4, 0.5) is 11.4 Å². The molecule has 0 N–H and O–H groups in total. The van der Waals surface area contributed by atoms with E-state index in [4.69, 9.17) is 0 Å². The minimum absolute atomic E-state index is 0.0127. The Morgan fingerprint density at radius 3 is 2.32 bits per heavy atom. The minimum atomic E-state index is -0.432. The summed E-state index contributed by atoms with van der Waals surface area (Å²) in [6, 6.07) is 6.19. The van der Waals surface area contributed by atoms with E-state index < -0.39 is 4.92 Å². The smallest absolute Gasteiger partial charge is 0.269 e. The number of hydrogen-bond acceptors (Lipinski definition) is 4. The van der Waals surface area contributed by atoms with Crippen molar-refractivity contribution in [2.24, 2.45) is 0 Å². The first-order chi connectivity index (χ1) is 10.5. The number of anilines is 1. The molecule has 1 aromatic carbocycles. The van der Waals surface area contributed by atoms with Crippen LogP contribution in [0.3, 0.4) is 0 Å². The Bertz CT molecular complexity index is 522. The third kappa shape index (κ3) is 4.04. The van der Waals surface area contributed by atoms with E-state index in [1.165, 1.54) is 18.6 Å². The van der Waals surface area contributed by atoms with Crippen molar-refractivity contribution >= 4 is 17.3 Å². The second-order valence-electron chi connectivity index (χ2n) is 5.97. The van der Waals surface area contributed by atoms with Gasteiger partial charge in [-0.3, -0.25) is 19.8 Å². The Hall–Kier alpha value is -1.95. The van der Waals surface area contributed by atoms with Gasteiger partial charge in [-0.05, 0) is 51.9 Å². The number of hydrogen-bond donors (Lipinski definition) is 0. The molecule has 0 unspecified atom stereocenters. The van der Waals surface area contributed by atoms with Gasteiger partial charge in [0, 0.05) is 23.9 Å². The van der Waals surface area contributed by atoms with E-state index in [1.54, 1.807) is 17.0 Å². The van der Waals surface area contributed by atoms with Crippen LogP contribution in [0.2, 0.25) is 0 Å². The predicted octanol–water partition coefficient (Wildman–Crippen LogP) is 2.82. The summed E-state index contributed by atoms with van der Waals surface area (Å²) in [7, 11) is 0. The predicted molar refractivity (Wildman–Crippen MR) is 86.0 cm³/mol. The number of likely N-dealkylation sites (tertiary alicyclic amines) is 1. The van der Waals surface area contributed by atoms with Gasteiger partial charge in [0.15, 0.2) is 0 Å². The molecule has 6 heteroatoms. The summed E-state index contributed by atoms with van der Waals surface area (Å²) in [4.78, 5) is 26.8. The summed E-state index contributed by atoms with van der Waals surface area (Å²) < 4.78 is 0. The van der Waals surface area contributed by atoms with Gasteiger partial charge in [0.1, 0.15) is 0 Å². The molecule has 0 spiro atoms. The molecule has 22 heavy (non-hydrogen) atoms. The van der Waals surface area contributed by atoms with Crippen LogP contribution in [0.1, 0.15) is 33.1 Å². The Balaban J connectivity index is 2.11. The van der Waals surface area contributed by atoms with E-state index >= 15 is 0 Å². The summed E-state index contributed by atoms with van der Waals surface area (Å²) in [5.41, 5.74) is 0.749. The molecule has 0 bridgehead atoms. The average Bonchev–Trinajstić information content (AvgIpc) is 2.48. The van der Waals surface area contributed by atoms with Crippen LogP contribution in [-0.2, 0) is 4.79 Å². The molecule has 0 aliphatic carbocycles. The topological polar surface area (TPSA) is 66.7 Å². The van der Waals surface area contributed by atoms with Gasteiger partial charge >= 0.3 is 0 Å². The number of carbonyl (C=O) groups is 1. The van der Waals surface area contributed by atoms with Gasteiger partial charge in [0.05, 0.1) is 11.5 Å². The molecule has 1 fully saturated rings. The monoisotopic (exact) mass is 305 g/mol. The number of non-ortho nitro benzene ring substituents is 1. The summed E-state index contributed by atoms with van der Waals surface area (Å²) >= 11 is 0. The number of nitro benzene ring substituents is 1. The van der Waals surface area contributed by atoms with E-state index in [1.807, 2.05) is 13.8 Å². The van der Waals surface area contributed by atoms with Crippen molar-refractivity contribution in [2.45, 2.75) is 39.2 Å². The molecule has 1 heterocycles. The first kappa shape index (κ1) is 16.4. The Morgan fingerprint density at radius 2 is 1.82 bits per heavy atom. The molecule has 1 amide bonds. The number of nitrogens with zero attached hydrogens (tertiary/aromatic N) is 3. The zero-order chi connectivity index (χ0) is 16.1. The van der Waals surface area contributed by atoms with Gasteiger partial charge in [-0.1, -0.05) is 6.42 Å². The zero-order valence-corrected chi connectivity index (χ0v) is 13.2. The average molecular weight is 305 g/mol. The lowest BCUT2D eigenvalue weighted by molar-refractivity contribution is -0.384. The van der Waals surface area contributed by atoms with Crippen LogP contribution in [0.25, 0.3) is 0 Å². The minimum Gasteiger partial charge on any atom is -0.309 e. The van der Waals surface area contributed by atoms with Gasteiger partial charge < -0.3 is 4.90 Å². The first-order valence-corrected chi connectivity index (χ1v) is 7.78. The van der Waals surface area contributed by atoms with Gasteiger partial charge in [-0.2, -0.15) is 0 Å². The van der Waals surface area contributed by atoms with Gasteiger partial charge in [-0.25, -0.2) is 0 Å². The highest BCUT2D eigenvalue weighted by molar-refractivity contribution is 5.95. The summed E-state index contributed by atoms with van der Waals surface area (Å²) in [5, 5.41) is 10.7. The molecule has 0 radical (unpaired) electrons. The highest BCUT2D eigenvalue weighted by Gasteiger charge is 2.23. The van der Waals surface area contributed by atoms with Crippen LogP contribution in [0, 0.1) is 10.1 Å². The number of rotatable bonds is 5. The Labute approximate surface area is 130 Å². The van der Waals surface area contributed by atoms with E-state index in [-0.39, 0.29) is 17.6 Å². The summed E-state index contributed by atoms with van der Waals surface area (Å²) in [6.07, 6.45) is 3.53. The lowest BCUT2D eigenvalue weighted by Crippen LogP contribution is -2.45. The lowest BCUT2D eigenvalue weighted by atomic mass is 10.1. The maximum Gasteiger partial charge on any atom is 0.269 e. The SMILES string of the molecule is CC(C)N(C(=O)CN1CCCCC1)c1ccc([N+](=O)[O-])cc1. The van der Waals surface area contributed by atoms with Crippen molar-refractivity contribution < 1.29 is 9.72 Å². The number of benzene rings is 1. The van der Waals surface area contributed by atoms with Crippen molar-refractivity contribution in [2.75, 3.05) is 24.5 Å². The fourth-order valence-corrected chi connectivity index (χ4v) is 2.85.